The predicted molar refractivity (Wildman–Crippen MR) is 222 cm³/mol. The summed E-state index contributed by atoms with van der Waals surface area (Å²) in [6, 6.07) is 18.6. The highest BCUT2D eigenvalue weighted by atomic mass is 35.5. The van der Waals surface area contributed by atoms with Gasteiger partial charge in [-0.25, -0.2) is 4.39 Å². The van der Waals surface area contributed by atoms with Gasteiger partial charge in [-0.15, -0.1) is 0 Å². The van der Waals surface area contributed by atoms with Crippen molar-refractivity contribution in [2.24, 2.45) is 16.7 Å². The molecular weight excluding hydrogens is 771 g/mol. The fourth-order valence-electron chi connectivity index (χ4n) is 9.55. The minimum atomic E-state index is -0.865. The number of carbonyl (C=O) groups excluding carboxylic acids is 4. The molecule has 4 aliphatic rings. The number of rotatable bonds is 8. The highest BCUT2D eigenvalue weighted by molar-refractivity contribution is 6.31. The van der Waals surface area contributed by atoms with Crippen LogP contribution in [0.1, 0.15) is 98.1 Å². The molecule has 11 nitrogen and oxygen atoms in total. The predicted octanol–water partition coefficient (Wildman–Crippen LogP) is 6.23. The molecule has 1 atom stereocenters. The van der Waals surface area contributed by atoms with Crippen LogP contribution in [0.15, 0.2) is 60.7 Å². The number of nitrogens with one attached hydrogen (secondary N) is 3. The van der Waals surface area contributed by atoms with Crippen LogP contribution < -0.4 is 25.6 Å². The Morgan fingerprint density at radius 2 is 1.58 bits per heavy atom. The highest BCUT2D eigenvalue weighted by Gasteiger charge is 2.64. The second-order valence-electron chi connectivity index (χ2n) is 17.3. The first-order valence-electron chi connectivity index (χ1n) is 20.4. The molecule has 1 aliphatic carbocycles. The van der Waals surface area contributed by atoms with E-state index in [0.717, 1.165) is 63.1 Å². The molecule has 4 amide bonds. The lowest BCUT2D eigenvalue weighted by Gasteiger charge is -2.63. The number of hydrogen-bond donors (Lipinski definition) is 3. The number of amides is 4. The topological polar surface area (TPSA) is 144 Å². The Bertz CT molecular complexity index is 2210. The summed E-state index contributed by atoms with van der Waals surface area (Å²) in [4.78, 5) is 54.2. The molecule has 13 heteroatoms. The zero-order valence-corrected chi connectivity index (χ0v) is 34.6. The Hall–Kier alpha value is -5.43. The number of halogens is 2. The minimum Gasteiger partial charge on any atom is -0.489 e. The lowest BCUT2D eigenvalue weighted by Crippen LogP contribution is -2.74. The molecule has 0 spiro atoms. The third kappa shape index (κ3) is 8.95. The summed E-state index contributed by atoms with van der Waals surface area (Å²) in [5.74, 6) is 5.25. The monoisotopic (exact) mass is 820 g/mol. The van der Waals surface area contributed by atoms with Crippen molar-refractivity contribution in [1.82, 2.24) is 20.9 Å². The Labute approximate surface area is 350 Å². The lowest BCUT2D eigenvalue weighted by atomic mass is 9.49. The number of benzene rings is 3. The van der Waals surface area contributed by atoms with Crippen molar-refractivity contribution in [3.05, 3.63) is 93.8 Å². The molecule has 3 heterocycles. The van der Waals surface area contributed by atoms with Crippen molar-refractivity contribution in [2.75, 3.05) is 31.1 Å². The average molecular weight is 821 g/mol. The van der Waals surface area contributed by atoms with Gasteiger partial charge in [0, 0.05) is 71.2 Å². The Morgan fingerprint density at radius 3 is 2.20 bits per heavy atom. The van der Waals surface area contributed by atoms with E-state index in [-0.39, 0.29) is 53.2 Å². The van der Waals surface area contributed by atoms with Gasteiger partial charge in [0.15, 0.2) is 0 Å². The molecule has 3 N–H and O–H groups in total. The molecular formula is C46H50ClFN6O5. The summed E-state index contributed by atoms with van der Waals surface area (Å²) in [5, 5.41) is 17.5. The smallest absolute Gasteiger partial charge is 0.254 e. The fourth-order valence-corrected chi connectivity index (χ4v) is 9.76. The summed E-state index contributed by atoms with van der Waals surface area (Å²) in [7, 11) is 0. The summed E-state index contributed by atoms with van der Waals surface area (Å²) in [5.41, 5.74) is 1.70. The van der Waals surface area contributed by atoms with Crippen LogP contribution in [0.5, 0.6) is 5.75 Å². The zero-order valence-electron chi connectivity index (χ0n) is 33.9. The SMILES string of the molecule is CC1(C)C(NC(=O)c2ccc(C#CC3CCN(C4CCN(c5ccc(C(=O)N[C@H]6CCC(=O)NC6=O)c(F)c5)CC4)CC3)cc2)C(C)(C)C1Oc1ccc(C#N)c(Cl)c1. The normalized spacial score (nSPS) is 23.1. The maximum atomic E-state index is 15.1. The second-order valence-corrected chi connectivity index (χ2v) is 17.7. The van der Waals surface area contributed by atoms with Crippen LogP contribution in [-0.2, 0) is 9.59 Å². The molecule has 0 unspecified atom stereocenters. The maximum Gasteiger partial charge on any atom is 0.254 e. The van der Waals surface area contributed by atoms with Crippen LogP contribution in [0.3, 0.4) is 0 Å². The largest absolute Gasteiger partial charge is 0.489 e. The number of carbonyl (C=O) groups is 4. The van der Waals surface area contributed by atoms with Gasteiger partial charge in [-0.05, 0) is 99.8 Å². The lowest BCUT2D eigenvalue weighted by molar-refractivity contribution is -0.164. The molecule has 0 radical (unpaired) electrons. The van der Waals surface area contributed by atoms with E-state index >= 15 is 4.39 Å². The second kappa shape index (κ2) is 17.0. The van der Waals surface area contributed by atoms with Gasteiger partial charge >= 0.3 is 0 Å². The van der Waals surface area contributed by atoms with E-state index in [1.165, 1.54) is 12.1 Å². The summed E-state index contributed by atoms with van der Waals surface area (Å²) in [6.07, 6.45) is 3.99. The number of ether oxygens (including phenoxy) is 1. The number of nitriles is 1. The standard InChI is InChI=1S/C46H50ClFN6O5/c1-45(2)43(46(3,4)44(45)59-34-13-11-31(27-49)36(47)26-34)52-40(56)30-9-7-28(8-10-30)5-6-29-17-21-53(22-18-29)32-19-23-54(24-20-32)33-12-14-35(37(48)25-33)41(57)50-38-15-16-39(55)51-42(38)58/h7-14,25-26,29,32,38,43-44H,15-24H2,1-4H3,(H,50,57)(H,52,56)(H,51,55,58)/t38-,43?,44?/m0/s1. The Balaban J connectivity index is 0.848. The van der Waals surface area contributed by atoms with Crippen LogP contribution >= 0.6 is 11.6 Å². The maximum absolute atomic E-state index is 15.1. The fraction of sp³-hybridized carbons (Fsp3) is 0.457. The van der Waals surface area contributed by atoms with Crippen LogP contribution in [0, 0.1) is 45.7 Å². The van der Waals surface area contributed by atoms with Crippen molar-refractivity contribution >= 4 is 40.9 Å². The van der Waals surface area contributed by atoms with Gasteiger partial charge in [-0.3, -0.25) is 24.5 Å². The molecule has 3 aliphatic heterocycles. The number of imide groups is 1. The molecule has 3 aromatic carbocycles. The molecule has 3 saturated heterocycles. The van der Waals surface area contributed by atoms with Crippen molar-refractivity contribution in [3.63, 3.8) is 0 Å². The Kier molecular flexibility index (Phi) is 12.1. The number of hydrogen-bond acceptors (Lipinski definition) is 8. The summed E-state index contributed by atoms with van der Waals surface area (Å²) in [6.45, 7) is 11.8. The van der Waals surface area contributed by atoms with E-state index in [1.807, 2.05) is 24.3 Å². The van der Waals surface area contributed by atoms with Crippen LogP contribution in [-0.4, -0.2) is 78.9 Å². The minimum absolute atomic E-state index is 0.124. The van der Waals surface area contributed by atoms with Gasteiger partial charge in [0.1, 0.15) is 29.8 Å². The number of piperidine rings is 3. The van der Waals surface area contributed by atoms with Gasteiger partial charge in [0.2, 0.25) is 11.8 Å². The van der Waals surface area contributed by atoms with Crippen molar-refractivity contribution < 1.29 is 28.3 Å². The van der Waals surface area contributed by atoms with E-state index in [1.54, 1.807) is 24.3 Å². The summed E-state index contributed by atoms with van der Waals surface area (Å²) < 4.78 is 21.5. The van der Waals surface area contributed by atoms with E-state index in [0.29, 0.717) is 33.9 Å². The van der Waals surface area contributed by atoms with Gasteiger partial charge in [0.05, 0.1) is 16.1 Å². The third-order valence-electron chi connectivity index (χ3n) is 12.6. The molecule has 59 heavy (non-hydrogen) atoms. The molecule has 7 rings (SSSR count). The van der Waals surface area contributed by atoms with E-state index < -0.39 is 23.7 Å². The molecule has 0 aromatic heterocycles. The molecule has 3 aromatic rings. The van der Waals surface area contributed by atoms with Gasteiger partial charge in [0.25, 0.3) is 11.8 Å². The molecule has 4 fully saturated rings. The number of anilines is 1. The van der Waals surface area contributed by atoms with Crippen molar-refractivity contribution in [2.45, 2.75) is 90.4 Å². The summed E-state index contributed by atoms with van der Waals surface area (Å²) >= 11 is 6.24. The van der Waals surface area contributed by atoms with Crippen molar-refractivity contribution in [1.29, 1.82) is 5.26 Å². The third-order valence-corrected chi connectivity index (χ3v) is 12.9. The van der Waals surface area contributed by atoms with E-state index in [2.05, 4.69) is 71.4 Å². The Morgan fingerprint density at radius 1 is 0.881 bits per heavy atom. The number of nitrogens with zero attached hydrogens (tertiary/aromatic N) is 3. The van der Waals surface area contributed by atoms with Crippen molar-refractivity contribution in [3.8, 4) is 23.7 Å². The first-order chi connectivity index (χ1) is 28.1. The quantitative estimate of drug-likeness (QED) is 0.179. The van der Waals surface area contributed by atoms with E-state index in [9.17, 15) is 24.4 Å². The zero-order chi connectivity index (χ0) is 42.1. The van der Waals surface area contributed by atoms with E-state index in [4.69, 9.17) is 16.3 Å². The van der Waals surface area contributed by atoms with Gasteiger partial charge in [-0.1, -0.05) is 51.1 Å². The van der Waals surface area contributed by atoms with Gasteiger partial charge in [-0.2, -0.15) is 5.26 Å². The molecule has 308 valence electrons. The average Bonchev–Trinajstić information content (AvgIpc) is 3.22. The molecule has 1 saturated carbocycles. The molecule has 0 bridgehead atoms. The number of likely N-dealkylation sites (tertiary alicyclic amines) is 1. The van der Waals surface area contributed by atoms with Crippen LogP contribution in [0.4, 0.5) is 10.1 Å². The van der Waals surface area contributed by atoms with Crippen LogP contribution in [0.25, 0.3) is 0 Å². The van der Waals surface area contributed by atoms with Crippen LogP contribution in [0.2, 0.25) is 5.02 Å². The highest BCUT2D eigenvalue weighted by Crippen LogP contribution is 2.55. The first kappa shape index (κ1) is 41.7. The van der Waals surface area contributed by atoms with Gasteiger partial charge < -0.3 is 25.2 Å². The first-order valence-corrected chi connectivity index (χ1v) is 20.7.